The van der Waals surface area contributed by atoms with Gasteiger partial charge >= 0.3 is 0 Å². The highest BCUT2D eigenvalue weighted by atomic mass is 16.2. The van der Waals surface area contributed by atoms with Crippen LogP contribution in [0.5, 0.6) is 0 Å². The van der Waals surface area contributed by atoms with Crippen LogP contribution < -0.4 is 10.2 Å². The van der Waals surface area contributed by atoms with Gasteiger partial charge in [0.1, 0.15) is 0 Å². The number of carbonyl (C=O) groups excluding carboxylic acids is 2. The third kappa shape index (κ3) is 6.33. The molecule has 5 heteroatoms. The summed E-state index contributed by atoms with van der Waals surface area (Å²) in [6, 6.07) is 16.7. The van der Waals surface area contributed by atoms with Crippen LogP contribution in [0, 0.1) is 19.8 Å². The van der Waals surface area contributed by atoms with Crippen molar-refractivity contribution in [3.63, 3.8) is 0 Å². The van der Waals surface area contributed by atoms with Gasteiger partial charge in [-0.15, -0.1) is 0 Å². The van der Waals surface area contributed by atoms with Crippen molar-refractivity contribution < 1.29 is 9.59 Å². The van der Waals surface area contributed by atoms with Gasteiger partial charge in [-0.25, -0.2) is 0 Å². The van der Waals surface area contributed by atoms with Gasteiger partial charge in [-0.05, 0) is 68.9 Å². The second-order valence-corrected chi connectivity index (χ2v) is 8.50. The minimum Gasteiger partial charge on any atom is -0.372 e. The van der Waals surface area contributed by atoms with Crippen molar-refractivity contribution in [2.45, 2.75) is 40.0 Å². The molecule has 1 aliphatic heterocycles. The molecule has 0 spiro atoms. The summed E-state index contributed by atoms with van der Waals surface area (Å²) in [4.78, 5) is 29.1. The number of hydrogen-bond acceptors (Lipinski definition) is 3. The predicted molar refractivity (Wildman–Crippen MR) is 126 cm³/mol. The molecule has 1 aliphatic rings. The Balaban J connectivity index is 1.40. The molecule has 31 heavy (non-hydrogen) atoms. The number of rotatable bonds is 10. The standard InChI is InChI=1S/C26H35N3O2/c1-4-28(24-12-7-9-20(2)17-24)15-8-14-27-25(30)19-29-16-13-23(26(29)31)18-22-11-6-5-10-21(22)3/h5-7,9-12,17,23H,4,8,13-16,18-19H2,1-3H3,(H,27,30). The van der Waals surface area contributed by atoms with Gasteiger partial charge in [0.15, 0.2) is 0 Å². The molecule has 1 fully saturated rings. The highest BCUT2D eigenvalue weighted by Crippen LogP contribution is 2.23. The third-order valence-corrected chi connectivity index (χ3v) is 6.15. The lowest BCUT2D eigenvalue weighted by Gasteiger charge is -2.23. The van der Waals surface area contributed by atoms with E-state index in [0.29, 0.717) is 13.1 Å². The van der Waals surface area contributed by atoms with Crippen LogP contribution in [0.2, 0.25) is 0 Å². The molecule has 0 radical (unpaired) electrons. The molecule has 3 rings (SSSR count). The van der Waals surface area contributed by atoms with Gasteiger partial charge in [0, 0.05) is 37.8 Å². The monoisotopic (exact) mass is 421 g/mol. The zero-order valence-electron chi connectivity index (χ0n) is 19.1. The Morgan fingerprint density at radius 1 is 1.16 bits per heavy atom. The van der Waals surface area contributed by atoms with E-state index in [2.05, 4.69) is 67.4 Å². The molecule has 2 amide bonds. The van der Waals surface area contributed by atoms with Gasteiger partial charge in [0.05, 0.1) is 6.54 Å². The summed E-state index contributed by atoms with van der Waals surface area (Å²) in [7, 11) is 0. The lowest BCUT2D eigenvalue weighted by atomic mass is 9.95. The maximum absolute atomic E-state index is 12.7. The van der Waals surface area contributed by atoms with Crippen molar-refractivity contribution >= 4 is 17.5 Å². The van der Waals surface area contributed by atoms with Crippen molar-refractivity contribution in [1.29, 1.82) is 0 Å². The van der Waals surface area contributed by atoms with Gasteiger partial charge < -0.3 is 15.1 Å². The number of nitrogens with zero attached hydrogens (tertiary/aromatic N) is 2. The highest BCUT2D eigenvalue weighted by molar-refractivity contribution is 5.87. The van der Waals surface area contributed by atoms with E-state index in [9.17, 15) is 9.59 Å². The number of amides is 2. The Bertz CT molecular complexity index is 896. The zero-order chi connectivity index (χ0) is 22.2. The van der Waals surface area contributed by atoms with Gasteiger partial charge in [-0.3, -0.25) is 9.59 Å². The van der Waals surface area contributed by atoms with Crippen molar-refractivity contribution in [2.75, 3.05) is 37.6 Å². The molecule has 1 saturated heterocycles. The Kier molecular flexibility index (Phi) is 8.10. The zero-order valence-corrected chi connectivity index (χ0v) is 19.1. The number of aryl methyl sites for hydroxylation is 2. The molecule has 1 unspecified atom stereocenters. The van der Waals surface area contributed by atoms with E-state index in [-0.39, 0.29) is 24.3 Å². The summed E-state index contributed by atoms with van der Waals surface area (Å²) in [5.41, 5.74) is 4.91. The second-order valence-electron chi connectivity index (χ2n) is 8.50. The predicted octanol–water partition coefficient (Wildman–Crippen LogP) is 3.73. The normalized spacial score (nSPS) is 15.9. The first-order valence-electron chi connectivity index (χ1n) is 11.4. The van der Waals surface area contributed by atoms with E-state index in [1.807, 2.05) is 12.1 Å². The first-order valence-corrected chi connectivity index (χ1v) is 11.4. The van der Waals surface area contributed by atoms with Gasteiger partial charge in [-0.1, -0.05) is 36.4 Å². The largest absolute Gasteiger partial charge is 0.372 e. The van der Waals surface area contributed by atoms with Crippen LogP contribution >= 0.6 is 0 Å². The fourth-order valence-electron chi connectivity index (χ4n) is 4.28. The van der Waals surface area contributed by atoms with Gasteiger partial charge in [0.25, 0.3) is 0 Å². The van der Waals surface area contributed by atoms with Crippen LogP contribution in [0.4, 0.5) is 5.69 Å². The lowest BCUT2D eigenvalue weighted by molar-refractivity contribution is -0.135. The molecule has 166 valence electrons. The molecule has 0 aromatic heterocycles. The number of likely N-dealkylation sites (tertiary alicyclic amines) is 1. The average Bonchev–Trinajstić information content (AvgIpc) is 3.09. The van der Waals surface area contributed by atoms with Crippen molar-refractivity contribution in [3.8, 4) is 0 Å². The minimum absolute atomic E-state index is 0.0126. The minimum atomic E-state index is -0.0662. The summed E-state index contributed by atoms with van der Waals surface area (Å²) in [6.45, 7) is 9.60. The molecule has 2 aromatic carbocycles. The first-order chi connectivity index (χ1) is 15.0. The maximum Gasteiger partial charge on any atom is 0.239 e. The summed E-state index contributed by atoms with van der Waals surface area (Å²) < 4.78 is 0. The molecule has 1 atom stereocenters. The number of anilines is 1. The Labute approximate surface area is 186 Å². The fraction of sp³-hybridized carbons (Fsp3) is 0.462. The van der Waals surface area contributed by atoms with Crippen LogP contribution in [-0.4, -0.2) is 49.4 Å². The van der Waals surface area contributed by atoms with E-state index in [4.69, 9.17) is 0 Å². The van der Waals surface area contributed by atoms with Crippen LogP contribution in [-0.2, 0) is 16.0 Å². The SMILES string of the molecule is CCN(CCCNC(=O)CN1CCC(Cc2ccccc2C)C1=O)c1cccc(C)c1. The Morgan fingerprint density at radius 3 is 2.71 bits per heavy atom. The Morgan fingerprint density at radius 2 is 1.97 bits per heavy atom. The summed E-state index contributed by atoms with van der Waals surface area (Å²) in [5, 5.41) is 2.99. The molecule has 0 aliphatic carbocycles. The first kappa shape index (κ1) is 22.9. The molecule has 2 aromatic rings. The number of carbonyl (C=O) groups is 2. The van der Waals surface area contributed by atoms with Crippen LogP contribution in [0.3, 0.4) is 0 Å². The molecular weight excluding hydrogens is 386 g/mol. The maximum atomic E-state index is 12.7. The quantitative estimate of drug-likeness (QED) is 0.595. The molecule has 1 N–H and O–H groups in total. The number of hydrogen-bond donors (Lipinski definition) is 1. The smallest absolute Gasteiger partial charge is 0.239 e. The van der Waals surface area contributed by atoms with Crippen LogP contribution in [0.25, 0.3) is 0 Å². The van der Waals surface area contributed by atoms with Crippen molar-refractivity contribution in [1.82, 2.24) is 10.2 Å². The third-order valence-electron chi connectivity index (χ3n) is 6.15. The van der Waals surface area contributed by atoms with E-state index in [1.54, 1.807) is 4.90 Å². The van der Waals surface area contributed by atoms with Crippen molar-refractivity contribution in [2.24, 2.45) is 5.92 Å². The lowest BCUT2D eigenvalue weighted by Crippen LogP contribution is -2.39. The van der Waals surface area contributed by atoms with Crippen molar-refractivity contribution in [3.05, 3.63) is 65.2 Å². The summed E-state index contributed by atoms with van der Waals surface area (Å²) in [5.74, 6) is 0.0276. The number of benzene rings is 2. The van der Waals surface area contributed by atoms with Gasteiger partial charge in [0.2, 0.25) is 11.8 Å². The second kappa shape index (κ2) is 11.0. The van der Waals surface area contributed by atoms with Crippen LogP contribution in [0.15, 0.2) is 48.5 Å². The Hall–Kier alpha value is -2.82. The van der Waals surface area contributed by atoms with E-state index in [0.717, 1.165) is 32.4 Å². The topological polar surface area (TPSA) is 52.7 Å². The van der Waals surface area contributed by atoms with Gasteiger partial charge in [-0.2, -0.15) is 0 Å². The molecular formula is C26H35N3O2. The molecule has 0 saturated carbocycles. The number of nitrogens with one attached hydrogen (secondary N) is 1. The van der Waals surface area contributed by atoms with Crippen LogP contribution in [0.1, 0.15) is 36.5 Å². The summed E-state index contributed by atoms with van der Waals surface area (Å²) >= 11 is 0. The molecule has 0 bridgehead atoms. The summed E-state index contributed by atoms with van der Waals surface area (Å²) in [6.07, 6.45) is 2.45. The molecule has 1 heterocycles. The van der Waals surface area contributed by atoms with E-state index < -0.39 is 0 Å². The fourth-order valence-corrected chi connectivity index (χ4v) is 4.28. The average molecular weight is 422 g/mol. The van der Waals surface area contributed by atoms with E-state index >= 15 is 0 Å². The molecule has 5 nitrogen and oxygen atoms in total. The highest BCUT2D eigenvalue weighted by Gasteiger charge is 2.32. The van der Waals surface area contributed by atoms with E-state index in [1.165, 1.54) is 22.4 Å².